The Morgan fingerprint density at radius 1 is 1.20 bits per heavy atom. The molecular formula is C24H35N5O. The number of Topliss-reactive ketones (excluding diaryl/α,β-unsaturated/α-hetero) is 1. The van der Waals surface area contributed by atoms with Gasteiger partial charge in [-0.25, -0.2) is 4.98 Å². The van der Waals surface area contributed by atoms with Gasteiger partial charge in [0.2, 0.25) is 5.78 Å². The van der Waals surface area contributed by atoms with Crippen LogP contribution >= 0.6 is 0 Å². The normalized spacial score (nSPS) is 19.7. The Hall–Kier alpha value is -2.21. The number of hydrogen-bond acceptors (Lipinski definition) is 5. The SMILES string of the molecule is CCC(C(=N)C(=O)c1cc2cc(N3CCN(C4CCCC4)CC3)ncc2[nH]1)C(C)C. The van der Waals surface area contributed by atoms with Gasteiger partial charge in [0, 0.05) is 43.5 Å². The van der Waals surface area contributed by atoms with E-state index in [1.165, 1.54) is 25.7 Å². The average molecular weight is 410 g/mol. The number of rotatable bonds is 7. The van der Waals surface area contributed by atoms with Crippen LogP contribution in [-0.4, -0.2) is 58.6 Å². The average Bonchev–Trinajstić information content (AvgIpc) is 3.43. The van der Waals surface area contributed by atoms with E-state index in [0.717, 1.165) is 55.4 Å². The first-order chi connectivity index (χ1) is 14.5. The van der Waals surface area contributed by atoms with Gasteiger partial charge in [-0.15, -0.1) is 0 Å². The lowest BCUT2D eigenvalue weighted by atomic mass is 9.86. The van der Waals surface area contributed by atoms with Crippen LogP contribution < -0.4 is 4.90 Å². The molecule has 2 fully saturated rings. The van der Waals surface area contributed by atoms with Crippen LogP contribution in [0.3, 0.4) is 0 Å². The van der Waals surface area contributed by atoms with Crippen molar-refractivity contribution in [1.82, 2.24) is 14.9 Å². The first-order valence-corrected chi connectivity index (χ1v) is 11.6. The second kappa shape index (κ2) is 8.88. The minimum absolute atomic E-state index is 0.00578. The first kappa shape index (κ1) is 21.0. The van der Waals surface area contributed by atoms with Gasteiger partial charge in [0.1, 0.15) is 5.82 Å². The number of H-pyrrole nitrogens is 1. The third kappa shape index (κ3) is 4.15. The molecule has 162 valence electrons. The van der Waals surface area contributed by atoms with Gasteiger partial charge in [0.15, 0.2) is 0 Å². The molecule has 1 atom stereocenters. The second-order valence-electron chi connectivity index (χ2n) is 9.28. The molecule has 2 aromatic heterocycles. The van der Waals surface area contributed by atoms with Crippen molar-refractivity contribution in [3.05, 3.63) is 24.0 Å². The number of hydrogen-bond donors (Lipinski definition) is 2. The fourth-order valence-corrected chi connectivity index (χ4v) is 5.22. The number of aromatic amines is 1. The highest BCUT2D eigenvalue weighted by Gasteiger charge is 2.27. The van der Waals surface area contributed by atoms with Crippen LogP contribution in [0.4, 0.5) is 5.82 Å². The summed E-state index contributed by atoms with van der Waals surface area (Å²) in [6.07, 6.45) is 8.11. The Kier molecular flexibility index (Phi) is 6.23. The molecule has 0 bridgehead atoms. The molecule has 6 heteroatoms. The largest absolute Gasteiger partial charge is 0.354 e. The zero-order chi connectivity index (χ0) is 21.3. The molecular weight excluding hydrogens is 374 g/mol. The van der Waals surface area contributed by atoms with E-state index in [1.807, 2.05) is 19.2 Å². The van der Waals surface area contributed by atoms with E-state index >= 15 is 0 Å². The third-order valence-corrected chi connectivity index (χ3v) is 7.07. The van der Waals surface area contributed by atoms with Crippen molar-refractivity contribution in [3.63, 3.8) is 0 Å². The lowest BCUT2D eigenvalue weighted by Gasteiger charge is -2.38. The predicted octanol–water partition coefficient (Wildman–Crippen LogP) is 4.51. The maximum Gasteiger partial charge on any atom is 0.222 e. The molecule has 2 N–H and O–H groups in total. The van der Waals surface area contributed by atoms with Gasteiger partial charge in [0.25, 0.3) is 0 Å². The van der Waals surface area contributed by atoms with Crippen molar-refractivity contribution < 1.29 is 4.79 Å². The van der Waals surface area contributed by atoms with E-state index in [0.29, 0.717) is 5.69 Å². The number of pyridine rings is 1. The summed E-state index contributed by atoms with van der Waals surface area (Å²) in [7, 11) is 0. The Balaban J connectivity index is 1.46. The molecule has 6 nitrogen and oxygen atoms in total. The fourth-order valence-electron chi connectivity index (χ4n) is 5.22. The highest BCUT2D eigenvalue weighted by Crippen LogP contribution is 2.27. The number of nitrogens with zero attached hydrogens (tertiary/aromatic N) is 3. The quantitative estimate of drug-likeness (QED) is 0.521. The highest BCUT2D eigenvalue weighted by atomic mass is 16.1. The monoisotopic (exact) mass is 409 g/mol. The molecule has 1 saturated carbocycles. The summed E-state index contributed by atoms with van der Waals surface area (Å²) < 4.78 is 0. The van der Waals surface area contributed by atoms with E-state index < -0.39 is 0 Å². The summed E-state index contributed by atoms with van der Waals surface area (Å²) in [4.78, 5) is 25.7. The third-order valence-electron chi connectivity index (χ3n) is 7.07. The standard InChI is InChI=1S/C24H35N5O/c1-4-19(16(2)3)23(25)24(30)20-13-17-14-22(26-15-21(17)27-20)29-11-9-28(10-12-29)18-7-5-6-8-18/h13-16,18-19,25,27H,4-12H2,1-3H3. The molecule has 3 heterocycles. The Bertz CT molecular complexity index is 903. The number of carbonyl (C=O) groups excluding carboxylic acids is 1. The van der Waals surface area contributed by atoms with Crippen LogP contribution in [0.1, 0.15) is 63.4 Å². The summed E-state index contributed by atoms with van der Waals surface area (Å²) >= 11 is 0. The van der Waals surface area contributed by atoms with Crippen LogP contribution in [0.5, 0.6) is 0 Å². The summed E-state index contributed by atoms with van der Waals surface area (Å²) in [6, 6.07) is 4.75. The molecule has 30 heavy (non-hydrogen) atoms. The zero-order valence-electron chi connectivity index (χ0n) is 18.6. The molecule has 1 saturated heterocycles. The van der Waals surface area contributed by atoms with Crippen LogP contribution in [0.25, 0.3) is 10.9 Å². The second-order valence-corrected chi connectivity index (χ2v) is 9.28. The lowest BCUT2D eigenvalue weighted by molar-refractivity contribution is 0.105. The Morgan fingerprint density at radius 3 is 2.53 bits per heavy atom. The van der Waals surface area contributed by atoms with Crippen LogP contribution in [-0.2, 0) is 0 Å². The number of fused-ring (bicyclic) bond motifs is 1. The zero-order valence-corrected chi connectivity index (χ0v) is 18.6. The predicted molar refractivity (Wildman–Crippen MR) is 123 cm³/mol. The number of piperazine rings is 1. The van der Waals surface area contributed by atoms with Crippen molar-refractivity contribution in [2.45, 2.75) is 58.9 Å². The van der Waals surface area contributed by atoms with E-state index in [4.69, 9.17) is 5.41 Å². The summed E-state index contributed by atoms with van der Waals surface area (Å²) in [5.41, 5.74) is 1.56. The molecule has 4 rings (SSSR count). The number of ketones is 1. The maximum absolute atomic E-state index is 12.9. The van der Waals surface area contributed by atoms with Gasteiger partial charge in [-0.05, 0) is 37.3 Å². The Labute approximate surface area is 179 Å². The van der Waals surface area contributed by atoms with E-state index in [2.05, 4.69) is 39.7 Å². The number of anilines is 1. The van der Waals surface area contributed by atoms with Crippen molar-refractivity contribution in [1.29, 1.82) is 5.41 Å². The van der Waals surface area contributed by atoms with Gasteiger partial charge < -0.3 is 15.3 Å². The van der Waals surface area contributed by atoms with E-state index in [-0.39, 0.29) is 23.3 Å². The van der Waals surface area contributed by atoms with Gasteiger partial charge in [0.05, 0.1) is 23.1 Å². The topological polar surface area (TPSA) is 76.1 Å². The molecule has 0 amide bonds. The highest BCUT2D eigenvalue weighted by molar-refractivity contribution is 6.45. The molecule has 1 aliphatic carbocycles. The Morgan fingerprint density at radius 2 is 1.90 bits per heavy atom. The smallest absolute Gasteiger partial charge is 0.222 e. The van der Waals surface area contributed by atoms with Gasteiger partial charge in [-0.3, -0.25) is 9.69 Å². The van der Waals surface area contributed by atoms with Crippen molar-refractivity contribution in [2.24, 2.45) is 11.8 Å². The molecule has 0 aromatic carbocycles. The van der Waals surface area contributed by atoms with E-state index in [1.54, 1.807) is 0 Å². The van der Waals surface area contributed by atoms with Gasteiger partial charge >= 0.3 is 0 Å². The molecule has 1 aliphatic heterocycles. The summed E-state index contributed by atoms with van der Waals surface area (Å²) in [6.45, 7) is 10.4. The van der Waals surface area contributed by atoms with E-state index in [9.17, 15) is 4.79 Å². The number of nitrogens with one attached hydrogen (secondary N) is 2. The number of aromatic nitrogens is 2. The molecule has 0 spiro atoms. The van der Waals surface area contributed by atoms with Crippen molar-refractivity contribution in [2.75, 3.05) is 31.1 Å². The summed E-state index contributed by atoms with van der Waals surface area (Å²) in [5, 5.41) is 9.38. The maximum atomic E-state index is 12.9. The van der Waals surface area contributed by atoms with Gasteiger partial charge in [-0.1, -0.05) is 33.6 Å². The molecule has 0 radical (unpaired) electrons. The van der Waals surface area contributed by atoms with Crippen LogP contribution in [0.15, 0.2) is 18.3 Å². The minimum Gasteiger partial charge on any atom is -0.354 e. The fraction of sp³-hybridized carbons (Fsp3) is 0.625. The first-order valence-electron chi connectivity index (χ1n) is 11.6. The molecule has 2 aliphatic rings. The van der Waals surface area contributed by atoms with Crippen molar-refractivity contribution in [3.8, 4) is 0 Å². The molecule has 2 aromatic rings. The van der Waals surface area contributed by atoms with Crippen LogP contribution in [0.2, 0.25) is 0 Å². The summed E-state index contributed by atoms with van der Waals surface area (Å²) in [5.74, 6) is 1.06. The van der Waals surface area contributed by atoms with Crippen LogP contribution in [0, 0.1) is 17.2 Å². The minimum atomic E-state index is -0.196. The molecule has 1 unspecified atom stereocenters. The van der Waals surface area contributed by atoms with Crippen molar-refractivity contribution >= 4 is 28.2 Å². The van der Waals surface area contributed by atoms with Gasteiger partial charge in [-0.2, -0.15) is 0 Å². The lowest BCUT2D eigenvalue weighted by Crippen LogP contribution is -2.49. The number of carbonyl (C=O) groups is 1.